The van der Waals surface area contributed by atoms with Crippen molar-refractivity contribution < 1.29 is 9.59 Å². The summed E-state index contributed by atoms with van der Waals surface area (Å²) in [6.07, 6.45) is 1.38. The smallest absolute Gasteiger partial charge is 0.248 e. The second-order valence-electron chi connectivity index (χ2n) is 7.18. The van der Waals surface area contributed by atoms with Crippen molar-refractivity contribution in [3.05, 3.63) is 24.3 Å². The lowest BCUT2D eigenvalue weighted by Crippen LogP contribution is -2.48. The minimum atomic E-state index is -0.368. The number of benzene rings is 1. The molecule has 2 fully saturated rings. The Morgan fingerprint density at radius 3 is 2.68 bits per heavy atom. The highest BCUT2D eigenvalue weighted by atomic mass is 32.2. The fourth-order valence-corrected chi connectivity index (χ4v) is 5.25. The molecule has 6 heteroatoms. The molecule has 25 heavy (non-hydrogen) atoms. The van der Waals surface area contributed by atoms with Crippen molar-refractivity contribution in [2.45, 2.75) is 57.5 Å². The van der Waals surface area contributed by atoms with Crippen LogP contribution in [0.2, 0.25) is 0 Å². The molecule has 2 saturated heterocycles. The maximum absolute atomic E-state index is 12.7. The standard InChI is InChI=1S/C19H27N3O2S/c1-5-21(13(2)3)15-8-6-14(7-9-15)20-18(24)16-12-25-19(4)11-10-17(23)22(16)19/h6-9,13,16H,5,10-12H2,1-4H3,(H,20,24)/t16-,19-/m0/s1. The van der Waals surface area contributed by atoms with Crippen LogP contribution in [0.5, 0.6) is 0 Å². The zero-order valence-corrected chi connectivity index (χ0v) is 16.2. The van der Waals surface area contributed by atoms with Gasteiger partial charge in [-0.25, -0.2) is 0 Å². The van der Waals surface area contributed by atoms with Crippen LogP contribution >= 0.6 is 11.8 Å². The maximum Gasteiger partial charge on any atom is 0.248 e. The Morgan fingerprint density at radius 1 is 1.40 bits per heavy atom. The van der Waals surface area contributed by atoms with Gasteiger partial charge >= 0.3 is 0 Å². The van der Waals surface area contributed by atoms with Crippen LogP contribution in [0.4, 0.5) is 11.4 Å². The first-order valence-corrected chi connectivity index (χ1v) is 9.98. The number of carbonyl (C=O) groups excluding carboxylic acids is 2. The largest absolute Gasteiger partial charge is 0.369 e. The van der Waals surface area contributed by atoms with Crippen LogP contribution in [-0.4, -0.2) is 46.0 Å². The van der Waals surface area contributed by atoms with Crippen LogP contribution in [0.1, 0.15) is 40.5 Å². The monoisotopic (exact) mass is 361 g/mol. The fraction of sp³-hybridized carbons (Fsp3) is 0.579. The number of nitrogens with one attached hydrogen (secondary N) is 1. The molecular weight excluding hydrogens is 334 g/mol. The second-order valence-corrected chi connectivity index (χ2v) is 8.68. The van der Waals surface area contributed by atoms with E-state index in [-0.39, 0.29) is 22.7 Å². The van der Waals surface area contributed by atoms with Crippen molar-refractivity contribution in [3.63, 3.8) is 0 Å². The summed E-state index contributed by atoms with van der Waals surface area (Å²) in [6.45, 7) is 9.48. The lowest BCUT2D eigenvalue weighted by atomic mass is 10.2. The number of carbonyl (C=O) groups is 2. The van der Waals surface area contributed by atoms with Crippen LogP contribution in [-0.2, 0) is 9.59 Å². The minimum Gasteiger partial charge on any atom is -0.369 e. The maximum atomic E-state index is 12.7. The van der Waals surface area contributed by atoms with Gasteiger partial charge in [0.05, 0.1) is 4.87 Å². The molecule has 1 N–H and O–H groups in total. The van der Waals surface area contributed by atoms with Gasteiger partial charge in [0.25, 0.3) is 0 Å². The highest BCUT2D eigenvalue weighted by molar-refractivity contribution is 8.01. The third-order valence-corrected chi connectivity index (χ3v) is 6.68. The lowest BCUT2D eigenvalue weighted by molar-refractivity contribution is -0.135. The summed E-state index contributed by atoms with van der Waals surface area (Å²) < 4.78 is 0. The van der Waals surface area contributed by atoms with E-state index in [0.29, 0.717) is 18.2 Å². The van der Waals surface area contributed by atoms with Crippen molar-refractivity contribution in [3.8, 4) is 0 Å². The topological polar surface area (TPSA) is 52.7 Å². The van der Waals surface area contributed by atoms with Crippen LogP contribution < -0.4 is 10.2 Å². The molecule has 3 rings (SSSR count). The van der Waals surface area contributed by atoms with Crippen molar-refractivity contribution in [1.82, 2.24) is 4.90 Å². The van der Waals surface area contributed by atoms with Crippen LogP contribution in [0.15, 0.2) is 24.3 Å². The summed E-state index contributed by atoms with van der Waals surface area (Å²) in [4.78, 5) is 28.8. The zero-order valence-electron chi connectivity index (χ0n) is 15.4. The summed E-state index contributed by atoms with van der Waals surface area (Å²) in [5.41, 5.74) is 1.92. The predicted octanol–water partition coefficient (Wildman–Crippen LogP) is 3.31. The molecule has 0 bridgehead atoms. The molecule has 0 spiro atoms. The van der Waals surface area contributed by atoms with E-state index in [4.69, 9.17) is 0 Å². The Bertz CT molecular complexity index is 661. The van der Waals surface area contributed by atoms with Crippen LogP contribution in [0.25, 0.3) is 0 Å². The van der Waals surface area contributed by atoms with E-state index in [9.17, 15) is 9.59 Å². The molecule has 2 aliphatic heterocycles. The van der Waals surface area contributed by atoms with Crippen LogP contribution in [0.3, 0.4) is 0 Å². The van der Waals surface area contributed by atoms with Gasteiger partial charge in [-0.1, -0.05) is 0 Å². The van der Waals surface area contributed by atoms with E-state index >= 15 is 0 Å². The number of nitrogens with zero attached hydrogens (tertiary/aromatic N) is 2. The van der Waals surface area contributed by atoms with Crippen molar-refractivity contribution in [1.29, 1.82) is 0 Å². The first-order valence-electron chi connectivity index (χ1n) is 8.99. The number of hydrogen-bond acceptors (Lipinski definition) is 4. The number of amides is 2. The summed E-state index contributed by atoms with van der Waals surface area (Å²) in [5.74, 6) is 0.678. The molecule has 2 atom stereocenters. The van der Waals surface area contributed by atoms with E-state index in [1.165, 1.54) is 0 Å². The summed E-state index contributed by atoms with van der Waals surface area (Å²) in [5, 5.41) is 2.98. The molecule has 2 aliphatic rings. The Hall–Kier alpha value is -1.69. The normalized spacial score (nSPS) is 25.4. The number of anilines is 2. The zero-order chi connectivity index (χ0) is 18.2. The van der Waals surface area contributed by atoms with Gasteiger partial charge < -0.3 is 15.1 Å². The highest BCUT2D eigenvalue weighted by Gasteiger charge is 2.52. The predicted molar refractivity (Wildman–Crippen MR) is 104 cm³/mol. The molecule has 136 valence electrons. The van der Waals surface area contributed by atoms with Gasteiger partial charge in [0.15, 0.2) is 0 Å². The van der Waals surface area contributed by atoms with Gasteiger partial charge in [0.1, 0.15) is 6.04 Å². The van der Waals surface area contributed by atoms with E-state index in [2.05, 4.69) is 37.9 Å². The first-order chi connectivity index (χ1) is 11.9. The third kappa shape index (κ3) is 3.36. The van der Waals surface area contributed by atoms with Crippen LogP contribution in [0, 0.1) is 0 Å². The van der Waals surface area contributed by atoms with Gasteiger partial charge in [0.2, 0.25) is 11.8 Å². The molecule has 1 aromatic carbocycles. The first kappa shape index (κ1) is 18.1. The molecule has 2 amide bonds. The van der Waals surface area contributed by atoms with Gasteiger partial charge in [-0.2, -0.15) is 0 Å². The molecule has 0 aliphatic carbocycles. The Labute approximate surface area is 154 Å². The lowest BCUT2D eigenvalue weighted by Gasteiger charge is -2.30. The van der Waals surface area contributed by atoms with E-state index in [1.807, 2.05) is 24.3 Å². The number of thioether (sulfide) groups is 1. The molecule has 0 unspecified atom stereocenters. The van der Waals surface area contributed by atoms with E-state index in [1.54, 1.807) is 16.7 Å². The number of fused-ring (bicyclic) bond motifs is 1. The fourth-order valence-electron chi connectivity index (χ4n) is 3.82. The third-order valence-electron chi connectivity index (χ3n) is 5.18. The quantitative estimate of drug-likeness (QED) is 0.874. The second kappa shape index (κ2) is 6.90. The average Bonchev–Trinajstić information content (AvgIpc) is 3.06. The molecule has 0 saturated carbocycles. The molecule has 0 radical (unpaired) electrons. The van der Waals surface area contributed by atoms with Crippen molar-refractivity contribution in [2.75, 3.05) is 22.5 Å². The number of rotatable bonds is 5. The highest BCUT2D eigenvalue weighted by Crippen LogP contribution is 2.47. The Balaban J connectivity index is 1.68. The minimum absolute atomic E-state index is 0.0876. The molecule has 0 aromatic heterocycles. The van der Waals surface area contributed by atoms with E-state index < -0.39 is 0 Å². The van der Waals surface area contributed by atoms with Gasteiger partial charge in [0, 0.05) is 36.1 Å². The Morgan fingerprint density at radius 2 is 2.08 bits per heavy atom. The van der Waals surface area contributed by atoms with Gasteiger partial charge in [-0.05, 0) is 58.4 Å². The van der Waals surface area contributed by atoms with Crippen molar-refractivity contribution in [2.24, 2.45) is 0 Å². The van der Waals surface area contributed by atoms with Crippen molar-refractivity contribution >= 4 is 35.0 Å². The molecule has 5 nitrogen and oxygen atoms in total. The number of hydrogen-bond donors (Lipinski definition) is 1. The molecular formula is C19H27N3O2S. The summed E-state index contributed by atoms with van der Waals surface area (Å²) >= 11 is 1.72. The molecule has 1 aromatic rings. The summed E-state index contributed by atoms with van der Waals surface area (Å²) in [7, 11) is 0. The SMILES string of the molecule is CCN(c1ccc(NC(=O)[C@@H]2CS[C@@]3(C)CCC(=O)N23)cc1)C(C)C. The summed E-state index contributed by atoms with van der Waals surface area (Å²) in [6, 6.07) is 8.00. The average molecular weight is 362 g/mol. The van der Waals surface area contributed by atoms with Gasteiger partial charge in [-0.3, -0.25) is 9.59 Å². The molecule has 2 heterocycles. The van der Waals surface area contributed by atoms with Gasteiger partial charge in [-0.15, -0.1) is 11.8 Å². The van der Waals surface area contributed by atoms with E-state index in [0.717, 1.165) is 24.3 Å². The Kier molecular flexibility index (Phi) is 5.00.